The van der Waals surface area contributed by atoms with Crippen LogP contribution in [0.4, 0.5) is 0 Å². The van der Waals surface area contributed by atoms with E-state index in [4.69, 9.17) is 0 Å². The van der Waals surface area contributed by atoms with Gasteiger partial charge in [-0.15, -0.1) is 11.3 Å². The molecule has 2 heterocycles. The van der Waals surface area contributed by atoms with Crippen LogP contribution < -0.4 is 10.9 Å². The number of nitrogens with one attached hydrogen (secondary N) is 1. The van der Waals surface area contributed by atoms with E-state index >= 15 is 0 Å². The fourth-order valence-electron chi connectivity index (χ4n) is 2.21. The van der Waals surface area contributed by atoms with Gasteiger partial charge in [0.1, 0.15) is 0 Å². The van der Waals surface area contributed by atoms with Crippen LogP contribution in [-0.2, 0) is 6.54 Å². The van der Waals surface area contributed by atoms with Gasteiger partial charge in [-0.1, -0.05) is 6.92 Å². The normalized spacial score (nSPS) is 17.2. The molecule has 3 nitrogen and oxygen atoms in total. The average Bonchev–Trinajstić information content (AvgIpc) is 3.06. The molecule has 4 heteroatoms. The largest absolute Gasteiger partial charge is 0.315 e. The summed E-state index contributed by atoms with van der Waals surface area (Å²) in [6, 6.07) is 4.71. The number of nitrogens with zero attached hydrogens (tertiary/aromatic N) is 1. The van der Waals surface area contributed by atoms with E-state index in [1.807, 2.05) is 28.3 Å². The van der Waals surface area contributed by atoms with Crippen LogP contribution in [0.1, 0.15) is 19.8 Å². The lowest BCUT2D eigenvalue weighted by atomic mass is 10.1. The highest BCUT2D eigenvalue weighted by Gasteiger charge is 2.20. The topological polar surface area (TPSA) is 34.0 Å². The summed E-state index contributed by atoms with van der Waals surface area (Å²) in [7, 11) is 0. The first-order chi connectivity index (χ1) is 8.74. The summed E-state index contributed by atoms with van der Waals surface area (Å²) in [5, 5.41) is 6.35. The number of fused-ring (bicyclic) bond motifs is 1. The van der Waals surface area contributed by atoms with Crippen molar-refractivity contribution in [1.29, 1.82) is 0 Å². The number of thiophene rings is 1. The Hall–Kier alpha value is -1.13. The summed E-state index contributed by atoms with van der Waals surface area (Å²) in [4.78, 5) is 12.2. The minimum Gasteiger partial charge on any atom is -0.315 e. The van der Waals surface area contributed by atoms with Crippen molar-refractivity contribution in [2.24, 2.45) is 5.92 Å². The zero-order valence-electron chi connectivity index (χ0n) is 10.6. The quantitative estimate of drug-likeness (QED) is 0.898. The molecule has 1 N–H and O–H groups in total. The van der Waals surface area contributed by atoms with Crippen LogP contribution in [0.2, 0.25) is 0 Å². The lowest BCUT2D eigenvalue weighted by molar-refractivity contribution is 0.439. The standard InChI is InChI=1S/C14H18N2OS/c1-10(8-15-11-2-3-11)9-16-6-4-13-12(14(16)17)5-7-18-13/h4-7,10-11,15H,2-3,8-9H2,1H3. The van der Waals surface area contributed by atoms with Gasteiger partial charge in [0, 0.05) is 23.5 Å². The van der Waals surface area contributed by atoms with Crippen LogP contribution in [-0.4, -0.2) is 17.2 Å². The van der Waals surface area contributed by atoms with Gasteiger partial charge in [-0.25, -0.2) is 0 Å². The molecule has 1 unspecified atom stereocenters. The number of hydrogen-bond donors (Lipinski definition) is 1. The Kier molecular flexibility index (Phi) is 3.22. The van der Waals surface area contributed by atoms with Crippen molar-refractivity contribution in [1.82, 2.24) is 9.88 Å². The highest BCUT2D eigenvalue weighted by Crippen LogP contribution is 2.19. The van der Waals surface area contributed by atoms with E-state index in [0.717, 1.165) is 29.2 Å². The summed E-state index contributed by atoms with van der Waals surface area (Å²) in [5.41, 5.74) is 0.145. The average molecular weight is 262 g/mol. The van der Waals surface area contributed by atoms with Crippen LogP contribution in [0.3, 0.4) is 0 Å². The molecule has 1 atom stereocenters. The zero-order valence-corrected chi connectivity index (χ0v) is 11.4. The van der Waals surface area contributed by atoms with E-state index in [2.05, 4.69) is 12.2 Å². The molecular formula is C14H18N2OS. The molecular weight excluding hydrogens is 244 g/mol. The number of rotatable bonds is 5. The summed E-state index contributed by atoms with van der Waals surface area (Å²) >= 11 is 1.63. The van der Waals surface area contributed by atoms with Crippen LogP contribution in [0.15, 0.2) is 28.5 Å². The lowest BCUT2D eigenvalue weighted by Gasteiger charge is -2.14. The van der Waals surface area contributed by atoms with Gasteiger partial charge in [0.05, 0.1) is 5.39 Å². The van der Waals surface area contributed by atoms with Gasteiger partial charge >= 0.3 is 0 Å². The second-order valence-electron chi connectivity index (χ2n) is 5.26. The predicted octanol–water partition coefficient (Wildman–Crippen LogP) is 2.45. The third kappa shape index (κ3) is 2.49. The summed E-state index contributed by atoms with van der Waals surface area (Å²) < 4.78 is 2.92. The highest BCUT2D eigenvalue weighted by atomic mass is 32.1. The fraction of sp³-hybridized carbons (Fsp3) is 0.500. The molecule has 0 aromatic carbocycles. The molecule has 18 heavy (non-hydrogen) atoms. The molecule has 1 aliphatic carbocycles. The molecule has 0 spiro atoms. The molecule has 96 valence electrons. The molecule has 3 rings (SSSR count). The number of pyridine rings is 1. The second-order valence-corrected chi connectivity index (χ2v) is 6.21. The second kappa shape index (κ2) is 4.86. The van der Waals surface area contributed by atoms with Crippen LogP contribution in [0.25, 0.3) is 10.1 Å². The lowest BCUT2D eigenvalue weighted by Crippen LogP contribution is -2.29. The molecule has 0 bridgehead atoms. The van der Waals surface area contributed by atoms with Gasteiger partial charge < -0.3 is 9.88 Å². The van der Waals surface area contributed by atoms with Gasteiger partial charge in [-0.3, -0.25) is 4.79 Å². The first-order valence-corrected chi connectivity index (χ1v) is 7.42. The Balaban J connectivity index is 1.72. The van der Waals surface area contributed by atoms with Gasteiger partial charge in [0.25, 0.3) is 5.56 Å². The molecule has 0 aliphatic heterocycles. The van der Waals surface area contributed by atoms with Crippen molar-refractivity contribution in [3.63, 3.8) is 0 Å². The van der Waals surface area contributed by atoms with Crippen molar-refractivity contribution in [2.75, 3.05) is 6.54 Å². The maximum atomic E-state index is 12.2. The Bertz CT molecular complexity index is 597. The van der Waals surface area contributed by atoms with E-state index < -0.39 is 0 Å². The Morgan fingerprint density at radius 1 is 1.50 bits per heavy atom. The van der Waals surface area contributed by atoms with Crippen LogP contribution in [0.5, 0.6) is 0 Å². The monoisotopic (exact) mass is 262 g/mol. The van der Waals surface area contributed by atoms with E-state index in [1.165, 1.54) is 12.8 Å². The SMILES string of the molecule is CC(CNC1CC1)Cn1ccc2sccc2c1=O. The van der Waals surface area contributed by atoms with Gasteiger partial charge in [0.2, 0.25) is 0 Å². The third-order valence-corrected chi connectivity index (χ3v) is 4.32. The van der Waals surface area contributed by atoms with E-state index in [-0.39, 0.29) is 5.56 Å². The molecule has 1 saturated carbocycles. The van der Waals surface area contributed by atoms with Crippen LogP contribution in [0, 0.1) is 5.92 Å². The number of hydrogen-bond acceptors (Lipinski definition) is 3. The Morgan fingerprint density at radius 2 is 2.33 bits per heavy atom. The summed E-state index contributed by atoms with van der Waals surface area (Å²) in [6.07, 6.45) is 4.55. The van der Waals surface area contributed by atoms with Crippen molar-refractivity contribution < 1.29 is 0 Å². The van der Waals surface area contributed by atoms with Gasteiger partial charge in [-0.2, -0.15) is 0 Å². The van der Waals surface area contributed by atoms with E-state index in [0.29, 0.717) is 5.92 Å². The van der Waals surface area contributed by atoms with Gasteiger partial charge in [-0.05, 0) is 42.8 Å². The molecule has 1 aliphatic rings. The Morgan fingerprint density at radius 3 is 3.11 bits per heavy atom. The van der Waals surface area contributed by atoms with Crippen LogP contribution >= 0.6 is 11.3 Å². The first kappa shape index (κ1) is 11.9. The molecule has 0 saturated heterocycles. The maximum absolute atomic E-state index is 12.2. The minimum absolute atomic E-state index is 0.145. The number of aromatic nitrogens is 1. The predicted molar refractivity (Wildman–Crippen MR) is 76.3 cm³/mol. The minimum atomic E-state index is 0.145. The van der Waals surface area contributed by atoms with Crippen molar-refractivity contribution in [2.45, 2.75) is 32.4 Å². The third-order valence-electron chi connectivity index (χ3n) is 3.43. The van der Waals surface area contributed by atoms with Gasteiger partial charge in [0.15, 0.2) is 0 Å². The first-order valence-electron chi connectivity index (χ1n) is 6.54. The molecule has 1 fully saturated rings. The molecule has 0 radical (unpaired) electrons. The Labute approximate surface area is 110 Å². The van der Waals surface area contributed by atoms with E-state index in [1.54, 1.807) is 11.3 Å². The molecule has 2 aromatic rings. The highest BCUT2D eigenvalue weighted by molar-refractivity contribution is 7.17. The molecule has 0 amide bonds. The zero-order chi connectivity index (χ0) is 12.5. The maximum Gasteiger partial charge on any atom is 0.259 e. The molecule has 2 aromatic heterocycles. The van der Waals surface area contributed by atoms with Crippen molar-refractivity contribution in [3.05, 3.63) is 34.1 Å². The fourth-order valence-corrected chi connectivity index (χ4v) is 2.98. The summed E-state index contributed by atoms with van der Waals surface area (Å²) in [6.45, 7) is 3.99. The van der Waals surface area contributed by atoms with E-state index in [9.17, 15) is 4.79 Å². The smallest absolute Gasteiger partial charge is 0.259 e. The van der Waals surface area contributed by atoms with Crippen molar-refractivity contribution >= 4 is 21.4 Å². The van der Waals surface area contributed by atoms with Crippen molar-refractivity contribution in [3.8, 4) is 0 Å². The summed E-state index contributed by atoms with van der Waals surface area (Å²) in [5.74, 6) is 0.486.